The van der Waals surface area contributed by atoms with Gasteiger partial charge in [-0.05, 0) is 37.8 Å². The van der Waals surface area contributed by atoms with E-state index in [-0.39, 0.29) is 31.5 Å². The van der Waals surface area contributed by atoms with Crippen LogP contribution in [0.15, 0.2) is 11.1 Å². The van der Waals surface area contributed by atoms with E-state index >= 15 is 0 Å². The predicted molar refractivity (Wildman–Crippen MR) is 59.6 cm³/mol. The topological polar surface area (TPSA) is 65.0 Å². The largest absolute Gasteiger partial charge is 0.508 e. The summed E-state index contributed by atoms with van der Waals surface area (Å²) in [4.78, 5) is 11.2. The van der Waals surface area contributed by atoms with Crippen LogP contribution < -0.4 is 0 Å². The van der Waals surface area contributed by atoms with Crippen LogP contribution in [0, 0.1) is 0 Å². The summed E-state index contributed by atoms with van der Waals surface area (Å²) >= 11 is 0. The van der Waals surface area contributed by atoms with E-state index in [0.717, 1.165) is 24.0 Å². The summed E-state index contributed by atoms with van der Waals surface area (Å²) in [5.41, 5.74) is 1.78. The van der Waals surface area contributed by atoms with Crippen molar-refractivity contribution in [3.05, 3.63) is 11.1 Å². The van der Waals surface area contributed by atoms with Crippen LogP contribution in [0.1, 0.15) is 26.7 Å². The first-order valence-corrected chi connectivity index (χ1v) is 5.93. The van der Waals surface area contributed by atoms with Crippen LogP contribution in [0.4, 0.5) is 4.79 Å². The summed E-state index contributed by atoms with van der Waals surface area (Å²) in [6, 6.07) is 0. The number of hydrogen-bond acceptors (Lipinski definition) is 5. The monoisotopic (exact) mass is 242 g/mol. The molecule has 1 saturated heterocycles. The molecule has 0 aromatic carbocycles. The number of hydrogen-bond donors (Lipinski definition) is 1. The van der Waals surface area contributed by atoms with Gasteiger partial charge in [-0.1, -0.05) is 0 Å². The van der Waals surface area contributed by atoms with Gasteiger partial charge >= 0.3 is 6.16 Å². The van der Waals surface area contributed by atoms with E-state index in [9.17, 15) is 9.90 Å². The zero-order valence-corrected chi connectivity index (χ0v) is 10.1. The van der Waals surface area contributed by atoms with Crippen molar-refractivity contribution in [3.8, 4) is 0 Å². The van der Waals surface area contributed by atoms with E-state index in [4.69, 9.17) is 14.2 Å². The quantitative estimate of drug-likeness (QED) is 0.596. The smallest absolute Gasteiger partial charge is 0.432 e. The minimum absolute atomic E-state index is 0.00833. The van der Waals surface area contributed by atoms with Crippen LogP contribution in [0.25, 0.3) is 0 Å². The normalized spacial score (nSPS) is 26.8. The number of carbonyl (C=O) groups excluding carboxylic acids is 1. The lowest BCUT2D eigenvalue weighted by Crippen LogP contribution is -2.20. The van der Waals surface area contributed by atoms with Gasteiger partial charge in [0.25, 0.3) is 0 Å². The maximum atomic E-state index is 11.2. The molecule has 0 aromatic rings. The lowest BCUT2D eigenvalue weighted by molar-refractivity contribution is 0.0363. The van der Waals surface area contributed by atoms with Gasteiger partial charge in [0.05, 0.1) is 24.9 Å². The number of rotatable bonds is 4. The molecule has 2 aliphatic rings. The van der Waals surface area contributed by atoms with Crippen LogP contribution in [0.5, 0.6) is 0 Å². The van der Waals surface area contributed by atoms with E-state index in [1.807, 2.05) is 0 Å². The van der Waals surface area contributed by atoms with Crippen molar-refractivity contribution < 1.29 is 24.1 Å². The Morgan fingerprint density at radius 1 is 1.41 bits per heavy atom. The van der Waals surface area contributed by atoms with Crippen molar-refractivity contribution >= 4 is 6.16 Å². The number of aliphatic hydroxyl groups is 1. The fourth-order valence-corrected chi connectivity index (χ4v) is 2.32. The Kier molecular flexibility index (Phi) is 3.69. The maximum Gasteiger partial charge on any atom is 0.508 e. The second-order valence-corrected chi connectivity index (χ2v) is 4.60. The molecule has 1 fully saturated rings. The van der Waals surface area contributed by atoms with E-state index in [0.29, 0.717) is 0 Å². The molecule has 17 heavy (non-hydrogen) atoms. The molecule has 2 rings (SSSR count). The first kappa shape index (κ1) is 12.4. The Labute approximate surface area is 100 Å². The van der Waals surface area contributed by atoms with Gasteiger partial charge in [-0.3, -0.25) is 0 Å². The third-order valence-corrected chi connectivity index (χ3v) is 3.06. The fourth-order valence-electron chi connectivity index (χ4n) is 2.32. The highest BCUT2D eigenvalue weighted by Gasteiger charge is 2.40. The summed E-state index contributed by atoms with van der Waals surface area (Å²) in [7, 11) is 0. The SMILES string of the molecule is CC(C)OC(=O)OCC1=C(CO)C2CCC1O2. The molecule has 0 amide bonds. The molecule has 1 N–H and O–H groups in total. The molecule has 5 heteroatoms. The second kappa shape index (κ2) is 5.06. The van der Waals surface area contributed by atoms with Crippen molar-refractivity contribution in [3.63, 3.8) is 0 Å². The Bertz CT molecular complexity index is 334. The summed E-state index contributed by atoms with van der Waals surface area (Å²) in [6.07, 6.45) is 1.04. The molecule has 0 aliphatic carbocycles. The molecule has 0 saturated carbocycles. The number of fused-ring (bicyclic) bond motifs is 2. The molecule has 0 radical (unpaired) electrons. The average Bonchev–Trinajstić information content (AvgIpc) is 2.84. The molecule has 2 aliphatic heterocycles. The first-order chi connectivity index (χ1) is 8.11. The van der Waals surface area contributed by atoms with E-state index < -0.39 is 6.16 Å². The highest BCUT2D eigenvalue weighted by atomic mass is 16.7. The van der Waals surface area contributed by atoms with Crippen molar-refractivity contribution in [2.24, 2.45) is 0 Å². The summed E-state index contributed by atoms with van der Waals surface area (Å²) in [5, 5.41) is 9.26. The molecule has 2 unspecified atom stereocenters. The summed E-state index contributed by atoms with van der Waals surface area (Å²) in [6.45, 7) is 3.66. The molecule has 2 bridgehead atoms. The van der Waals surface area contributed by atoms with E-state index in [2.05, 4.69) is 0 Å². The number of aliphatic hydroxyl groups excluding tert-OH is 1. The minimum Gasteiger partial charge on any atom is -0.432 e. The Morgan fingerprint density at radius 2 is 2.06 bits per heavy atom. The molecule has 2 heterocycles. The Hall–Kier alpha value is -1.07. The van der Waals surface area contributed by atoms with Gasteiger partial charge in [0.15, 0.2) is 0 Å². The standard InChI is InChI=1S/C12H18O5/c1-7(2)16-12(14)15-6-9-8(5-13)10-3-4-11(9)17-10/h7,10-11,13H,3-6H2,1-2H3. The highest BCUT2D eigenvalue weighted by molar-refractivity contribution is 5.60. The molecule has 96 valence electrons. The van der Waals surface area contributed by atoms with Crippen LogP contribution in [-0.4, -0.2) is 42.8 Å². The number of ether oxygens (including phenoxy) is 3. The highest BCUT2D eigenvalue weighted by Crippen LogP contribution is 2.39. The lowest BCUT2D eigenvalue weighted by Gasteiger charge is -2.15. The first-order valence-electron chi connectivity index (χ1n) is 5.93. The zero-order chi connectivity index (χ0) is 12.4. The maximum absolute atomic E-state index is 11.2. The van der Waals surface area contributed by atoms with Gasteiger partial charge in [0.1, 0.15) is 6.61 Å². The molecular formula is C12H18O5. The average molecular weight is 242 g/mol. The predicted octanol–water partition coefficient (Wildman–Crippen LogP) is 1.40. The van der Waals surface area contributed by atoms with Crippen molar-refractivity contribution in [2.45, 2.75) is 45.0 Å². The lowest BCUT2D eigenvalue weighted by atomic mass is 9.93. The zero-order valence-electron chi connectivity index (χ0n) is 10.1. The van der Waals surface area contributed by atoms with Crippen molar-refractivity contribution in [2.75, 3.05) is 13.2 Å². The van der Waals surface area contributed by atoms with Gasteiger partial charge in [-0.15, -0.1) is 0 Å². The Morgan fingerprint density at radius 3 is 2.65 bits per heavy atom. The number of carbonyl (C=O) groups is 1. The van der Waals surface area contributed by atoms with Gasteiger partial charge in [-0.25, -0.2) is 4.79 Å². The molecule has 2 atom stereocenters. The van der Waals surface area contributed by atoms with Gasteiger partial charge in [-0.2, -0.15) is 0 Å². The molecule has 0 spiro atoms. The second-order valence-electron chi connectivity index (χ2n) is 4.60. The van der Waals surface area contributed by atoms with Gasteiger partial charge < -0.3 is 19.3 Å². The summed E-state index contributed by atoms with van der Waals surface area (Å²) in [5.74, 6) is 0. The van der Waals surface area contributed by atoms with E-state index in [1.54, 1.807) is 13.8 Å². The van der Waals surface area contributed by atoms with Gasteiger partial charge in [0, 0.05) is 0 Å². The van der Waals surface area contributed by atoms with Crippen LogP contribution in [-0.2, 0) is 14.2 Å². The third kappa shape index (κ3) is 2.61. The summed E-state index contributed by atoms with van der Waals surface area (Å²) < 4.78 is 15.5. The third-order valence-electron chi connectivity index (χ3n) is 3.06. The minimum atomic E-state index is -0.674. The van der Waals surface area contributed by atoms with Crippen molar-refractivity contribution in [1.29, 1.82) is 0 Å². The van der Waals surface area contributed by atoms with E-state index in [1.165, 1.54) is 0 Å². The van der Waals surface area contributed by atoms with Gasteiger partial charge in [0.2, 0.25) is 0 Å². The molecular weight excluding hydrogens is 224 g/mol. The Balaban J connectivity index is 1.90. The molecule has 0 aromatic heterocycles. The van der Waals surface area contributed by atoms with Crippen molar-refractivity contribution in [1.82, 2.24) is 0 Å². The van der Waals surface area contributed by atoms with Crippen LogP contribution >= 0.6 is 0 Å². The van der Waals surface area contributed by atoms with Crippen LogP contribution in [0.2, 0.25) is 0 Å². The van der Waals surface area contributed by atoms with Crippen LogP contribution in [0.3, 0.4) is 0 Å². The molecule has 5 nitrogen and oxygen atoms in total. The fraction of sp³-hybridized carbons (Fsp3) is 0.750.